The lowest BCUT2D eigenvalue weighted by Crippen LogP contribution is -2.58. The number of amides is 1. The summed E-state index contributed by atoms with van der Waals surface area (Å²) in [5, 5.41) is 33.0. The van der Waals surface area contributed by atoms with E-state index in [1.807, 2.05) is 0 Å². The number of hydrogen-bond donors (Lipinski definition) is 4. The minimum absolute atomic E-state index is 0.102. The van der Waals surface area contributed by atoms with Crippen molar-refractivity contribution in [3.05, 3.63) is 0 Å². The monoisotopic (exact) mass is 449 g/mol. The minimum atomic E-state index is -1.02. The summed E-state index contributed by atoms with van der Waals surface area (Å²) in [5.74, 6) is 1.84. The lowest BCUT2D eigenvalue weighted by Gasteiger charge is -2.62. The van der Waals surface area contributed by atoms with Gasteiger partial charge in [0.15, 0.2) is 0 Å². The van der Waals surface area contributed by atoms with Gasteiger partial charge in [-0.05, 0) is 104 Å². The predicted molar refractivity (Wildman–Crippen MR) is 122 cm³/mol. The number of carboxylic acid groups (broad SMARTS) is 1. The summed E-state index contributed by atoms with van der Waals surface area (Å²) in [6.07, 6.45) is 9.12. The molecule has 4 saturated carbocycles. The molecule has 0 heterocycles. The Morgan fingerprint density at radius 2 is 1.78 bits per heavy atom. The van der Waals surface area contributed by atoms with Crippen molar-refractivity contribution >= 4 is 11.9 Å². The zero-order valence-electron chi connectivity index (χ0n) is 20.1. The van der Waals surface area contributed by atoms with Crippen molar-refractivity contribution in [2.45, 2.75) is 97.2 Å². The first-order valence-electron chi connectivity index (χ1n) is 12.9. The average Bonchev–Trinajstić information content (AvgIpc) is 3.10. The molecule has 4 aliphatic carbocycles. The van der Waals surface area contributed by atoms with Gasteiger partial charge >= 0.3 is 5.97 Å². The van der Waals surface area contributed by atoms with Crippen molar-refractivity contribution in [2.75, 3.05) is 6.54 Å². The third kappa shape index (κ3) is 4.00. The van der Waals surface area contributed by atoms with Crippen molar-refractivity contribution in [3.63, 3.8) is 0 Å². The van der Waals surface area contributed by atoms with Crippen molar-refractivity contribution in [1.29, 1.82) is 0 Å². The average molecular weight is 450 g/mol. The van der Waals surface area contributed by atoms with Crippen LogP contribution in [0.4, 0.5) is 0 Å². The molecule has 4 fully saturated rings. The highest BCUT2D eigenvalue weighted by Gasteiger charge is 2.63. The van der Waals surface area contributed by atoms with Crippen LogP contribution in [-0.2, 0) is 9.59 Å². The van der Waals surface area contributed by atoms with E-state index in [1.54, 1.807) is 0 Å². The van der Waals surface area contributed by atoms with E-state index in [9.17, 15) is 19.8 Å². The molecule has 6 nitrogen and oxygen atoms in total. The second kappa shape index (κ2) is 8.90. The zero-order valence-corrected chi connectivity index (χ0v) is 20.1. The van der Waals surface area contributed by atoms with Crippen LogP contribution in [-0.4, -0.2) is 45.9 Å². The van der Waals surface area contributed by atoms with Crippen LogP contribution < -0.4 is 5.32 Å². The normalized spacial score (nSPS) is 46.5. The standard InChI is InChI=1S/C26H43NO5/c1-15(4-9-23(30)27-14-24(31)32)19-7-8-20-18-6-5-16-12-17(28)10-11-25(16,2)21(18)13-22(29)26(19,20)3/h15-22,28-29H,4-14H2,1-3H3,(H,27,30)(H,31,32)/t15-,16?,17-,18?,19-,20?,21?,22+,25+,26-/m1/s1. The molecular formula is C26H43NO5. The molecule has 6 heteroatoms. The number of hydrogen-bond acceptors (Lipinski definition) is 4. The minimum Gasteiger partial charge on any atom is -0.480 e. The number of carbonyl (C=O) groups is 2. The van der Waals surface area contributed by atoms with Gasteiger partial charge in [-0.2, -0.15) is 0 Å². The van der Waals surface area contributed by atoms with Gasteiger partial charge < -0.3 is 20.6 Å². The number of nitrogens with one attached hydrogen (secondary N) is 1. The molecule has 0 radical (unpaired) electrons. The van der Waals surface area contributed by atoms with E-state index in [-0.39, 0.29) is 35.5 Å². The second-order valence-corrected chi connectivity index (χ2v) is 12.1. The van der Waals surface area contributed by atoms with Gasteiger partial charge in [0.25, 0.3) is 0 Å². The van der Waals surface area contributed by atoms with Crippen molar-refractivity contribution in [1.82, 2.24) is 5.32 Å². The van der Waals surface area contributed by atoms with E-state index < -0.39 is 5.97 Å². The number of rotatable bonds is 6. The molecule has 4 aliphatic rings. The largest absolute Gasteiger partial charge is 0.480 e. The lowest BCUT2D eigenvalue weighted by atomic mass is 9.43. The van der Waals surface area contributed by atoms with Crippen molar-refractivity contribution in [3.8, 4) is 0 Å². The summed E-state index contributed by atoms with van der Waals surface area (Å²) >= 11 is 0. The molecule has 0 spiro atoms. The maximum atomic E-state index is 12.0. The summed E-state index contributed by atoms with van der Waals surface area (Å²) < 4.78 is 0. The van der Waals surface area contributed by atoms with Gasteiger partial charge in [0, 0.05) is 6.42 Å². The van der Waals surface area contributed by atoms with Gasteiger partial charge in [0.1, 0.15) is 6.54 Å². The van der Waals surface area contributed by atoms with Crippen LogP contribution in [0.15, 0.2) is 0 Å². The first kappa shape index (κ1) is 24.0. The molecule has 0 bridgehead atoms. The predicted octanol–water partition coefficient (Wildman–Crippen LogP) is 3.59. The number of carbonyl (C=O) groups excluding carboxylic acids is 1. The maximum absolute atomic E-state index is 12.0. The van der Waals surface area contributed by atoms with E-state index in [1.165, 1.54) is 12.8 Å². The Labute approximate surface area is 192 Å². The van der Waals surface area contributed by atoms with Crippen LogP contribution in [0.3, 0.4) is 0 Å². The Morgan fingerprint density at radius 1 is 1.03 bits per heavy atom. The molecule has 0 aliphatic heterocycles. The van der Waals surface area contributed by atoms with E-state index in [0.29, 0.717) is 41.9 Å². The fourth-order valence-electron chi connectivity index (χ4n) is 8.98. The Balaban J connectivity index is 1.45. The molecule has 4 unspecified atom stereocenters. The maximum Gasteiger partial charge on any atom is 0.322 e. The molecule has 10 atom stereocenters. The number of fused-ring (bicyclic) bond motifs is 5. The third-order valence-corrected chi connectivity index (χ3v) is 10.8. The first-order chi connectivity index (χ1) is 15.1. The summed E-state index contributed by atoms with van der Waals surface area (Å²) in [6, 6.07) is 0. The summed E-state index contributed by atoms with van der Waals surface area (Å²) in [5.41, 5.74) is 0.145. The van der Waals surface area contributed by atoms with Crippen LogP contribution >= 0.6 is 0 Å². The highest BCUT2D eigenvalue weighted by atomic mass is 16.4. The zero-order chi connectivity index (χ0) is 23.3. The molecule has 0 aromatic rings. The molecule has 32 heavy (non-hydrogen) atoms. The number of aliphatic hydroxyl groups excluding tert-OH is 2. The lowest BCUT2D eigenvalue weighted by molar-refractivity contribution is -0.175. The molecule has 0 aromatic carbocycles. The van der Waals surface area contributed by atoms with E-state index in [0.717, 1.165) is 44.9 Å². The summed E-state index contributed by atoms with van der Waals surface area (Å²) in [7, 11) is 0. The van der Waals surface area contributed by atoms with Crippen LogP contribution in [0.25, 0.3) is 0 Å². The van der Waals surface area contributed by atoms with Crippen LogP contribution in [0.2, 0.25) is 0 Å². The van der Waals surface area contributed by atoms with Gasteiger partial charge in [-0.3, -0.25) is 9.59 Å². The second-order valence-electron chi connectivity index (χ2n) is 12.1. The van der Waals surface area contributed by atoms with E-state index in [4.69, 9.17) is 5.11 Å². The Hall–Kier alpha value is -1.14. The van der Waals surface area contributed by atoms with Gasteiger partial charge in [0.2, 0.25) is 5.91 Å². The van der Waals surface area contributed by atoms with Gasteiger partial charge in [-0.1, -0.05) is 20.8 Å². The highest BCUT2D eigenvalue weighted by Crippen LogP contribution is 2.68. The number of aliphatic carboxylic acids is 1. The van der Waals surface area contributed by atoms with Crippen molar-refractivity contribution < 1.29 is 24.9 Å². The van der Waals surface area contributed by atoms with E-state index >= 15 is 0 Å². The SMILES string of the molecule is C[C@H](CCC(=O)NCC(=O)O)[C@H]1CCC2C3CCC4C[C@H](O)CC[C@]4(C)C3C[C@H](O)[C@@]21C. The van der Waals surface area contributed by atoms with Crippen molar-refractivity contribution in [2.24, 2.45) is 46.3 Å². The molecule has 182 valence electrons. The first-order valence-corrected chi connectivity index (χ1v) is 12.9. The Kier molecular flexibility index (Phi) is 6.68. The smallest absolute Gasteiger partial charge is 0.322 e. The number of aliphatic hydroxyl groups is 2. The molecule has 0 saturated heterocycles. The van der Waals surface area contributed by atoms with Crippen LogP contribution in [0.5, 0.6) is 0 Å². The molecular weight excluding hydrogens is 406 g/mol. The summed E-state index contributed by atoms with van der Waals surface area (Å²) in [4.78, 5) is 22.7. The van der Waals surface area contributed by atoms with E-state index in [2.05, 4.69) is 26.1 Å². The Morgan fingerprint density at radius 3 is 2.50 bits per heavy atom. The molecule has 4 N–H and O–H groups in total. The van der Waals surface area contributed by atoms with Crippen LogP contribution in [0, 0.1) is 46.3 Å². The van der Waals surface area contributed by atoms with Gasteiger partial charge in [0.05, 0.1) is 12.2 Å². The Bertz CT molecular complexity index is 727. The molecule has 4 rings (SSSR count). The highest BCUT2D eigenvalue weighted by molar-refractivity contribution is 5.81. The molecule has 1 amide bonds. The van der Waals surface area contributed by atoms with Gasteiger partial charge in [-0.25, -0.2) is 0 Å². The molecule has 0 aromatic heterocycles. The van der Waals surface area contributed by atoms with Crippen LogP contribution in [0.1, 0.15) is 85.0 Å². The van der Waals surface area contributed by atoms with Gasteiger partial charge in [-0.15, -0.1) is 0 Å². The third-order valence-electron chi connectivity index (χ3n) is 10.8. The fraction of sp³-hybridized carbons (Fsp3) is 0.923. The fourth-order valence-corrected chi connectivity index (χ4v) is 8.98. The number of carboxylic acids is 1. The summed E-state index contributed by atoms with van der Waals surface area (Å²) in [6.45, 7) is 6.65. The quantitative estimate of drug-likeness (QED) is 0.496. The topological polar surface area (TPSA) is 107 Å².